The summed E-state index contributed by atoms with van der Waals surface area (Å²) < 4.78 is 0. The van der Waals surface area contributed by atoms with Gasteiger partial charge in [-0.15, -0.1) is 0 Å². The molecule has 0 amide bonds. The molecule has 1 aliphatic rings. The number of hydrogen-bond acceptors (Lipinski definition) is 3. The number of hydrogen-bond donors (Lipinski definition) is 0. The third kappa shape index (κ3) is 0.876. The molecule has 3 heteroatoms. The van der Waals surface area contributed by atoms with Crippen LogP contribution in [0.2, 0.25) is 0 Å². The highest BCUT2D eigenvalue weighted by Crippen LogP contribution is 1.85. The van der Waals surface area contributed by atoms with Gasteiger partial charge in [0.2, 0.25) is 5.90 Å². The van der Waals surface area contributed by atoms with Crippen LogP contribution in [0.3, 0.4) is 0 Å². The van der Waals surface area contributed by atoms with Crippen LogP contribution in [-0.2, 0) is 4.84 Å². The molecule has 0 unspecified atom stereocenters. The molecule has 1 aliphatic heterocycles. The maximum Gasteiger partial charge on any atom is 0.223 e. The fourth-order valence-corrected chi connectivity index (χ4v) is 0.259. The van der Waals surface area contributed by atoms with Crippen LogP contribution in [0.4, 0.5) is 0 Å². The fraction of sp³-hybridized carbons (Fsp3) is 0.250. The minimum atomic E-state index is 0.554. The van der Waals surface area contributed by atoms with E-state index >= 15 is 0 Å². The summed E-state index contributed by atoms with van der Waals surface area (Å²) in [7, 11) is 0. The van der Waals surface area contributed by atoms with Crippen molar-refractivity contribution in [3.05, 3.63) is 6.20 Å². The minimum absolute atomic E-state index is 0.554. The van der Waals surface area contributed by atoms with Gasteiger partial charge in [0, 0.05) is 12.8 Å². The van der Waals surface area contributed by atoms with Gasteiger partial charge in [0.05, 0.1) is 6.20 Å². The van der Waals surface area contributed by atoms with E-state index in [0.717, 1.165) is 0 Å². The van der Waals surface area contributed by atoms with Crippen molar-refractivity contribution in [1.29, 1.82) is 0 Å². The maximum atomic E-state index is 4.51. The second kappa shape index (κ2) is 1.58. The average molecular weight is 96.1 g/mol. The van der Waals surface area contributed by atoms with E-state index < -0.39 is 0 Å². The third-order valence-corrected chi connectivity index (χ3v) is 0.535. The van der Waals surface area contributed by atoms with E-state index in [4.69, 9.17) is 0 Å². The Balaban J connectivity index is 2.77. The lowest BCUT2D eigenvalue weighted by Gasteiger charge is -1.92. The largest absolute Gasteiger partial charge is 0.333 e. The Morgan fingerprint density at radius 1 is 1.86 bits per heavy atom. The summed E-state index contributed by atoms with van der Waals surface area (Å²) in [5.41, 5.74) is 0. The van der Waals surface area contributed by atoms with Gasteiger partial charge in [-0.1, -0.05) is 0 Å². The Hall–Kier alpha value is -1.08. The molecule has 0 bridgehead atoms. The molecule has 0 N–H and O–H groups in total. The van der Waals surface area contributed by atoms with Crippen molar-refractivity contribution in [2.24, 2.45) is 10.1 Å². The lowest BCUT2D eigenvalue weighted by Crippen LogP contribution is -1.93. The molecule has 0 saturated heterocycles. The first-order chi connectivity index (χ1) is 3.39. The number of rotatable bonds is 0. The Bertz CT molecular complexity index is 153. The maximum absolute atomic E-state index is 4.51. The Morgan fingerprint density at radius 2 is 2.71 bits per heavy atom. The highest BCUT2D eigenvalue weighted by atomic mass is 16.6. The van der Waals surface area contributed by atoms with Gasteiger partial charge in [0.25, 0.3) is 0 Å². The molecule has 0 aliphatic carbocycles. The Labute approximate surface area is 41.0 Å². The Kier molecular flexibility index (Phi) is 0.922. The summed E-state index contributed by atoms with van der Waals surface area (Å²) in [6.45, 7) is 1.72. The molecule has 0 aromatic carbocycles. The molecule has 0 saturated carbocycles. The fourth-order valence-electron chi connectivity index (χ4n) is 0.259. The van der Waals surface area contributed by atoms with E-state index in [0.29, 0.717) is 5.90 Å². The molecule has 0 spiro atoms. The van der Waals surface area contributed by atoms with Crippen LogP contribution in [0, 0.1) is 0 Å². The predicted molar refractivity (Wildman–Crippen MR) is 26.2 cm³/mol. The standard InChI is InChI=1S/C4H4N2O/c1-4-5-2-3-6-7-4/h2H,1H3. The highest BCUT2D eigenvalue weighted by Gasteiger charge is 1.86. The van der Waals surface area contributed by atoms with Gasteiger partial charge in [-0.05, 0) is 5.16 Å². The van der Waals surface area contributed by atoms with E-state index in [9.17, 15) is 0 Å². The number of aliphatic imine (C=N–C) groups is 1. The van der Waals surface area contributed by atoms with Crippen molar-refractivity contribution in [3.63, 3.8) is 0 Å². The van der Waals surface area contributed by atoms with Crippen molar-refractivity contribution in [3.8, 4) is 0 Å². The molecule has 0 atom stereocenters. The number of nitrogens with zero attached hydrogens (tertiary/aromatic N) is 2. The topological polar surface area (TPSA) is 34.0 Å². The summed E-state index contributed by atoms with van der Waals surface area (Å²) in [4.78, 5) is 8.20. The van der Waals surface area contributed by atoms with Crippen LogP contribution in [0.25, 0.3) is 0 Å². The van der Waals surface area contributed by atoms with Gasteiger partial charge in [0.15, 0.2) is 0 Å². The quantitative estimate of drug-likeness (QED) is 0.433. The Morgan fingerprint density at radius 3 is 3.00 bits per heavy atom. The van der Waals surface area contributed by atoms with E-state index in [1.165, 1.54) is 6.20 Å². The van der Waals surface area contributed by atoms with Crippen LogP contribution in [0.5, 0.6) is 0 Å². The van der Waals surface area contributed by atoms with Crippen molar-refractivity contribution < 1.29 is 4.84 Å². The van der Waals surface area contributed by atoms with E-state index in [2.05, 4.69) is 20.9 Å². The summed E-state index contributed by atoms with van der Waals surface area (Å²) in [6, 6.07) is 0. The SMILES string of the molecule is CC1=NC=C=NO1. The van der Waals surface area contributed by atoms with Crippen molar-refractivity contribution in [1.82, 2.24) is 0 Å². The molecule has 7 heavy (non-hydrogen) atoms. The lowest BCUT2D eigenvalue weighted by molar-refractivity contribution is 0.326. The van der Waals surface area contributed by atoms with Crippen LogP contribution >= 0.6 is 0 Å². The second-order valence-electron chi connectivity index (χ2n) is 1.09. The molecule has 0 aromatic heterocycles. The smallest absolute Gasteiger partial charge is 0.223 e. The van der Waals surface area contributed by atoms with E-state index in [1.54, 1.807) is 6.92 Å². The van der Waals surface area contributed by atoms with Gasteiger partial charge in [-0.2, -0.15) is 0 Å². The van der Waals surface area contributed by atoms with Gasteiger partial charge in [-0.3, -0.25) is 0 Å². The van der Waals surface area contributed by atoms with Gasteiger partial charge >= 0.3 is 0 Å². The van der Waals surface area contributed by atoms with Gasteiger partial charge < -0.3 is 4.84 Å². The zero-order valence-corrected chi connectivity index (χ0v) is 3.88. The summed E-state index contributed by atoms with van der Waals surface area (Å²) >= 11 is 0. The predicted octanol–water partition coefficient (Wildman–Crippen LogP) is 0.533. The van der Waals surface area contributed by atoms with Crippen molar-refractivity contribution >= 4 is 11.8 Å². The zero-order chi connectivity index (χ0) is 5.11. The molecule has 0 radical (unpaired) electrons. The molecule has 1 rings (SSSR count). The molecule has 0 fully saturated rings. The van der Waals surface area contributed by atoms with Crippen molar-refractivity contribution in [2.45, 2.75) is 6.92 Å². The summed E-state index contributed by atoms with van der Waals surface area (Å²) in [5, 5.41) is 3.32. The van der Waals surface area contributed by atoms with Crippen LogP contribution < -0.4 is 0 Å². The monoisotopic (exact) mass is 96.0 g/mol. The second-order valence-corrected chi connectivity index (χ2v) is 1.09. The van der Waals surface area contributed by atoms with Gasteiger partial charge in [-0.25, -0.2) is 4.99 Å². The van der Waals surface area contributed by atoms with Crippen LogP contribution in [0.15, 0.2) is 16.3 Å². The minimum Gasteiger partial charge on any atom is -0.333 e. The zero-order valence-electron chi connectivity index (χ0n) is 3.88. The van der Waals surface area contributed by atoms with Gasteiger partial charge in [0.1, 0.15) is 0 Å². The third-order valence-electron chi connectivity index (χ3n) is 0.535. The molecule has 0 aromatic rings. The molecular weight excluding hydrogens is 92.1 g/mol. The van der Waals surface area contributed by atoms with Crippen LogP contribution in [-0.4, -0.2) is 11.8 Å². The molecule has 36 valence electrons. The molecule has 1 heterocycles. The normalized spacial score (nSPS) is 15.9. The summed E-state index contributed by atoms with van der Waals surface area (Å²) in [6.07, 6.45) is 1.46. The van der Waals surface area contributed by atoms with E-state index in [1.807, 2.05) is 0 Å². The van der Waals surface area contributed by atoms with E-state index in [-0.39, 0.29) is 0 Å². The van der Waals surface area contributed by atoms with Crippen LogP contribution in [0.1, 0.15) is 6.92 Å². The average Bonchev–Trinajstić information content (AvgIpc) is 1.69. The van der Waals surface area contributed by atoms with Crippen molar-refractivity contribution in [2.75, 3.05) is 0 Å². The first-order valence-electron chi connectivity index (χ1n) is 1.88. The highest BCUT2D eigenvalue weighted by molar-refractivity contribution is 5.76. The molecular formula is C4H4N2O. The molecule has 3 nitrogen and oxygen atoms in total. The summed E-state index contributed by atoms with van der Waals surface area (Å²) in [5.74, 6) is 2.96. The first kappa shape index (κ1) is 4.09. The lowest BCUT2D eigenvalue weighted by atomic mass is 10.7. The first-order valence-corrected chi connectivity index (χ1v) is 1.88.